The second kappa shape index (κ2) is 8.12. The van der Waals surface area contributed by atoms with Crippen molar-refractivity contribution < 1.29 is 32.3 Å². The summed E-state index contributed by atoms with van der Waals surface area (Å²) in [5, 5.41) is 4.56. The number of methoxy groups -OCH3 is 1. The van der Waals surface area contributed by atoms with E-state index in [1.54, 1.807) is 0 Å². The van der Waals surface area contributed by atoms with Gasteiger partial charge in [-0.1, -0.05) is 0 Å². The van der Waals surface area contributed by atoms with Crippen molar-refractivity contribution in [1.29, 1.82) is 0 Å². The van der Waals surface area contributed by atoms with E-state index < -0.39 is 46.3 Å². The van der Waals surface area contributed by atoms with E-state index in [4.69, 9.17) is 0 Å². The van der Waals surface area contributed by atoms with Crippen LogP contribution in [0.5, 0.6) is 0 Å². The third-order valence-electron chi connectivity index (χ3n) is 3.98. The third-order valence-corrected chi connectivity index (χ3v) is 3.98. The molecule has 0 bridgehead atoms. The predicted octanol–water partition coefficient (Wildman–Crippen LogP) is 3.49. The minimum atomic E-state index is -1.73. The van der Waals surface area contributed by atoms with E-state index in [1.165, 1.54) is 45.2 Å². The first kappa shape index (κ1) is 20.9. The van der Waals surface area contributed by atoms with Crippen LogP contribution in [-0.4, -0.2) is 24.9 Å². The average Bonchev–Trinajstić information content (AvgIpc) is 2.68. The molecule has 6 nitrogen and oxygen atoms in total. The van der Waals surface area contributed by atoms with Crippen molar-refractivity contribution in [3.05, 3.63) is 59.4 Å². The Morgan fingerprint density at radius 1 is 0.857 bits per heavy atom. The maximum Gasteiger partial charge on any atom is 0.337 e. The van der Waals surface area contributed by atoms with Gasteiger partial charge in [-0.15, -0.1) is 0 Å². The molecule has 2 rings (SSSR count). The summed E-state index contributed by atoms with van der Waals surface area (Å²) in [5.41, 5.74) is -1.70. The number of esters is 1. The lowest BCUT2D eigenvalue weighted by Gasteiger charge is -2.23. The number of anilines is 2. The number of amides is 2. The molecule has 0 spiro atoms. The van der Waals surface area contributed by atoms with Crippen LogP contribution in [0.3, 0.4) is 0 Å². The Bertz CT molecular complexity index is 928. The van der Waals surface area contributed by atoms with E-state index in [1.807, 2.05) is 0 Å². The van der Waals surface area contributed by atoms with Gasteiger partial charge in [0.25, 0.3) is 0 Å². The molecule has 0 aliphatic heterocycles. The van der Waals surface area contributed by atoms with Crippen molar-refractivity contribution >= 4 is 29.2 Å². The number of halogens is 3. The van der Waals surface area contributed by atoms with Crippen molar-refractivity contribution in [2.45, 2.75) is 13.8 Å². The molecule has 0 saturated heterocycles. The topological polar surface area (TPSA) is 84.5 Å². The highest BCUT2D eigenvalue weighted by Crippen LogP contribution is 2.25. The zero-order valence-corrected chi connectivity index (χ0v) is 15.2. The summed E-state index contributed by atoms with van der Waals surface area (Å²) in [5.74, 6) is -6.91. The molecule has 2 aromatic carbocycles. The van der Waals surface area contributed by atoms with Gasteiger partial charge in [0.05, 0.1) is 18.4 Å². The van der Waals surface area contributed by atoms with E-state index in [0.717, 1.165) is 6.07 Å². The first-order valence-electron chi connectivity index (χ1n) is 8.02. The van der Waals surface area contributed by atoms with Crippen LogP contribution in [0.15, 0.2) is 36.4 Å². The van der Waals surface area contributed by atoms with Crippen LogP contribution in [0, 0.1) is 22.9 Å². The number of ether oxygens (including phenoxy) is 1. The fourth-order valence-electron chi connectivity index (χ4n) is 2.10. The van der Waals surface area contributed by atoms with Gasteiger partial charge in [-0.05, 0) is 50.2 Å². The Hall–Kier alpha value is -3.36. The van der Waals surface area contributed by atoms with Gasteiger partial charge in [0.1, 0.15) is 5.41 Å². The Labute approximate surface area is 158 Å². The second-order valence-corrected chi connectivity index (χ2v) is 6.33. The van der Waals surface area contributed by atoms with Gasteiger partial charge in [-0.2, -0.15) is 0 Å². The van der Waals surface area contributed by atoms with Crippen LogP contribution < -0.4 is 10.6 Å². The molecule has 2 amide bonds. The zero-order valence-electron chi connectivity index (χ0n) is 15.2. The first-order chi connectivity index (χ1) is 13.1. The monoisotopic (exact) mass is 394 g/mol. The molecule has 28 heavy (non-hydrogen) atoms. The number of carbonyl (C=O) groups is 3. The van der Waals surface area contributed by atoms with Crippen molar-refractivity contribution in [2.24, 2.45) is 5.41 Å². The molecule has 0 heterocycles. The molecule has 9 heteroatoms. The standard InChI is InChI=1S/C19H17F3N2O4/c1-19(2,18(27)24-13-9-8-12(20)14(21)15(13)22)17(26)23-11-6-4-10(5-7-11)16(25)28-3/h4-9H,1-3H3,(H,23,26)(H,24,27). The van der Waals surface area contributed by atoms with Gasteiger partial charge in [0.15, 0.2) is 17.5 Å². The van der Waals surface area contributed by atoms with Crippen LogP contribution in [0.1, 0.15) is 24.2 Å². The number of carbonyl (C=O) groups excluding carboxylic acids is 3. The molecule has 0 saturated carbocycles. The maximum atomic E-state index is 13.7. The lowest BCUT2D eigenvalue weighted by Crippen LogP contribution is -2.41. The van der Waals surface area contributed by atoms with E-state index >= 15 is 0 Å². The summed E-state index contributed by atoms with van der Waals surface area (Å²) < 4.78 is 44.6. The summed E-state index contributed by atoms with van der Waals surface area (Å²) in [7, 11) is 1.23. The number of hydrogen-bond acceptors (Lipinski definition) is 4. The molecule has 0 fully saturated rings. The number of nitrogens with one attached hydrogen (secondary N) is 2. The summed E-state index contributed by atoms with van der Waals surface area (Å²) in [6.07, 6.45) is 0. The highest BCUT2D eigenvalue weighted by molar-refractivity contribution is 6.14. The molecule has 0 aliphatic carbocycles. The molecule has 0 aliphatic rings. The molecular formula is C19H17F3N2O4. The largest absolute Gasteiger partial charge is 0.465 e. The molecule has 0 atom stereocenters. The summed E-state index contributed by atoms with van der Waals surface area (Å²) in [4.78, 5) is 36.2. The smallest absolute Gasteiger partial charge is 0.337 e. The fourth-order valence-corrected chi connectivity index (χ4v) is 2.10. The van der Waals surface area contributed by atoms with Crippen molar-refractivity contribution in [3.63, 3.8) is 0 Å². The van der Waals surface area contributed by atoms with Gasteiger partial charge in [0, 0.05) is 5.69 Å². The predicted molar refractivity (Wildman–Crippen MR) is 95.1 cm³/mol. The molecular weight excluding hydrogens is 377 g/mol. The fraction of sp³-hybridized carbons (Fsp3) is 0.211. The molecule has 0 unspecified atom stereocenters. The lowest BCUT2D eigenvalue weighted by molar-refractivity contribution is -0.135. The number of rotatable bonds is 5. The third kappa shape index (κ3) is 4.30. The average molecular weight is 394 g/mol. The van der Waals surface area contributed by atoms with E-state index in [-0.39, 0.29) is 5.56 Å². The number of benzene rings is 2. The van der Waals surface area contributed by atoms with Gasteiger partial charge >= 0.3 is 5.97 Å². The normalized spacial score (nSPS) is 10.9. The molecule has 2 aromatic rings. The minimum Gasteiger partial charge on any atom is -0.465 e. The van der Waals surface area contributed by atoms with Gasteiger partial charge < -0.3 is 15.4 Å². The van der Waals surface area contributed by atoms with Crippen LogP contribution in [-0.2, 0) is 14.3 Å². The Balaban J connectivity index is 2.12. The van der Waals surface area contributed by atoms with Crippen molar-refractivity contribution in [1.82, 2.24) is 0 Å². The second-order valence-electron chi connectivity index (χ2n) is 6.33. The summed E-state index contributed by atoms with van der Waals surface area (Å²) >= 11 is 0. The maximum absolute atomic E-state index is 13.7. The summed E-state index contributed by atoms with van der Waals surface area (Å²) in [6.45, 7) is 2.55. The van der Waals surface area contributed by atoms with E-state index in [0.29, 0.717) is 11.8 Å². The number of hydrogen-bond donors (Lipinski definition) is 2. The molecule has 148 valence electrons. The zero-order chi connectivity index (χ0) is 21.1. The Morgan fingerprint density at radius 3 is 2.00 bits per heavy atom. The van der Waals surface area contributed by atoms with Gasteiger partial charge in [-0.3, -0.25) is 9.59 Å². The quantitative estimate of drug-likeness (QED) is 0.462. The van der Waals surface area contributed by atoms with Gasteiger partial charge in [-0.25, -0.2) is 18.0 Å². The van der Waals surface area contributed by atoms with E-state index in [2.05, 4.69) is 15.4 Å². The van der Waals surface area contributed by atoms with Crippen molar-refractivity contribution in [3.8, 4) is 0 Å². The molecule has 2 N–H and O–H groups in total. The molecule has 0 aromatic heterocycles. The van der Waals surface area contributed by atoms with Crippen LogP contribution in [0.2, 0.25) is 0 Å². The Morgan fingerprint density at radius 2 is 1.43 bits per heavy atom. The SMILES string of the molecule is COC(=O)c1ccc(NC(=O)C(C)(C)C(=O)Nc2ccc(F)c(F)c2F)cc1. The lowest BCUT2D eigenvalue weighted by atomic mass is 9.90. The van der Waals surface area contributed by atoms with Crippen LogP contribution in [0.25, 0.3) is 0 Å². The van der Waals surface area contributed by atoms with Crippen molar-refractivity contribution in [2.75, 3.05) is 17.7 Å². The highest BCUT2D eigenvalue weighted by Gasteiger charge is 2.37. The van der Waals surface area contributed by atoms with Crippen LogP contribution >= 0.6 is 0 Å². The minimum absolute atomic E-state index is 0.270. The highest BCUT2D eigenvalue weighted by atomic mass is 19.2. The first-order valence-corrected chi connectivity index (χ1v) is 8.02. The van der Waals surface area contributed by atoms with Crippen LogP contribution in [0.4, 0.5) is 24.5 Å². The molecule has 0 radical (unpaired) electrons. The Kier molecular flexibility index (Phi) is 6.07. The van der Waals surface area contributed by atoms with E-state index in [9.17, 15) is 27.6 Å². The van der Waals surface area contributed by atoms with Gasteiger partial charge in [0.2, 0.25) is 11.8 Å². The summed E-state index contributed by atoms with van der Waals surface area (Å²) in [6, 6.07) is 7.23.